The summed E-state index contributed by atoms with van der Waals surface area (Å²) in [4.78, 5) is 30.0. The molecule has 0 radical (unpaired) electrons. The third kappa shape index (κ3) is 18.3. The fraction of sp³-hybridized carbons (Fsp3) is 0.667. The maximum Gasteiger partial charge on any atom is 0.320 e. The highest BCUT2D eigenvalue weighted by Crippen LogP contribution is 2.09. The van der Waals surface area contributed by atoms with E-state index in [9.17, 15) is 14.4 Å². The van der Waals surface area contributed by atoms with Crippen molar-refractivity contribution in [2.45, 2.75) is 58.9 Å². The molecule has 6 nitrogen and oxygen atoms in total. The summed E-state index contributed by atoms with van der Waals surface area (Å²) < 4.78 is 0. The molecule has 0 aromatic rings. The van der Waals surface area contributed by atoms with Crippen molar-refractivity contribution in [2.75, 3.05) is 0 Å². The van der Waals surface area contributed by atoms with Crippen molar-refractivity contribution in [1.82, 2.24) is 0 Å². The quantitative estimate of drug-likeness (QED) is 0.444. The minimum absolute atomic E-state index is 0.0231. The number of hydrogen-bond acceptors (Lipinski definition) is 4. The van der Waals surface area contributed by atoms with Crippen LogP contribution in [0.1, 0.15) is 52.9 Å². The molecule has 0 heterocycles. The number of aldehydes is 1. The first-order valence-corrected chi connectivity index (χ1v) is 6.97. The van der Waals surface area contributed by atoms with Crippen LogP contribution < -0.4 is 5.73 Å². The van der Waals surface area contributed by atoms with Gasteiger partial charge in [0.25, 0.3) is 0 Å². The van der Waals surface area contributed by atoms with Gasteiger partial charge in [-0.3, -0.25) is 9.59 Å². The Morgan fingerprint density at radius 2 is 1.76 bits per heavy atom. The second kappa shape index (κ2) is 13.3. The Morgan fingerprint density at radius 1 is 1.19 bits per heavy atom. The molecule has 6 heteroatoms. The average molecular weight is 301 g/mol. The monoisotopic (exact) mass is 301 g/mol. The van der Waals surface area contributed by atoms with Crippen molar-refractivity contribution in [3.05, 3.63) is 11.6 Å². The number of carboxylic acid groups (broad SMARTS) is 2. The lowest BCUT2D eigenvalue weighted by Gasteiger charge is -2.03. The highest BCUT2D eigenvalue weighted by molar-refractivity contribution is 5.74. The van der Waals surface area contributed by atoms with E-state index >= 15 is 0 Å². The predicted molar refractivity (Wildman–Crippen MR) is 81.0 cm³/mol. The summed E-state index contributed by atoms with van der Waals surface area (Å²) in [5.41, 5.74) is 6.37. The molecule has 0 aliphatic heterocycles. The molecule has 4 N–H and O–H groups in total. The minimum atomic E-state index is -1.17. The second-order valence-electron chi connectivity index (χ2n) is 5.24. The zero-order chi connectivity index (χ0) is 16.8. The molecule has 0 aromatic carbocycles. The maximum atomic E-state index is 10.1. The lowest BCUT2D eigenvalue weighted by molar-refractivity contribution is -0.139. The van der Waals surface area contributed by atoms with Crippen LogP contribution in [0, 0.1) is 5.92 Å². The SMILES string of the molecule is CC(C)=CCCC(C)CC=O.NC(CCC(=O)O)C(=O)O. The normalized spacial score (nSPS) is 12.4. The van der Waals surface area contributed by atoms with E-state index in [-0.39, 0.29) is 12.8 Å². The topological polar surface area (TPSA) is 118 Å². The standard InChI is InChI=1S/C10H18O.C5H9NO4/c1-9(2)5-4-6-10(3)7-8-11;6-3(5(9)10)1-2-4(7)8/h5,8,10H,4,6-7H2,1-3H3;3H,1-2,6H2,(H,7,8)(H,9,10). The Labute approximate surface area is 126 Å². The van der Waals surface area contributed by atoms with Crippen molar-refractivity contribution >= 4 is 18.2 Å². The van der Waals surface area contributed by atoms with Gasteiger partial charge < -0.3 is 20.7 Å². The molecule has 0 rings (SSSR count). The maximum absolute atomic E-state index is 10.1. The van der Waals surface area contributed by atoms with Crippen LogP contribution in [0.5, 0.6) is 0 Å². The van der Waals surface area contributed by atoms with Gasteiger partial charge in [0.1, 0.15) is 12.3 Å². The lowest BCUT2D eigenvalue weighted by atomic mass is 10.0. The van der Waals surface area contributed by atoms with Crippen molar-refractivity contribution in [1.29, 1.82) is 0 Å². The van der Waals surface area contributed by atoms with Crippen LogP contribution in [0.4, 0.5) is 0 Å². The summed E-state index contributed by atoms with van der Waals surface area (Å²) >= 11 is 0. The van der Waals surface area contributed by atoms with E-state index in [4.69, 9.17) is 15.9 Å². The molecule has 0 spiro atoms. The van der Waals surface area contributed by atoms with Crippen molar-refractivity contribution in [3.8, 4) is 0 Å². The van der Waals surface area contributed by atoms with Gasteiger partial charge in [0.05, 0.1) is 0 Å². The fourth-order valence-corrected chi connectivity index (χ4v) is 1.34. The first-order valence-electron chi connectivity index (χ1n) is 6.97. The highest BCUT2D eigenvalue weighted by atomic mass is 16.4. The van der Waals surface area contributed by atoms with Crippen LogP contribution >= 0.6 is 0 Å². The van der Waals surface area contributed by atoms with Gasteiger partial charge in [-0.1, -0.05) is 18.6 Å². The molecule has 122 valence electrons. The van der Waals surface area contributed by atoms with Gasteiger partial charge in [-0.15, -0.1) is 0 Å². The van der Waals surface area contributed by atoms with Crippen molar-refractivity contribution in [3.63, 3.8) is 0 Å². The number of aliphatic carboxylic acids is 2. The Bertz CT molecular complexity index is 348. The first-order chi connectivity index (χ1) is 9.70. The molecule has 0 saturated carbocycles. The van der Waals surface area contributed by atoms with E-state index in [0.29, 0.717) is 12.3 Å². The van der Waals surface area contributed by atoms with E-state index in [0.717, 1.165) is 19.1 Å². The number of hydrogen-bond donors (Lipinski definition) is 3. The number of carbonyl (C=O) groups is 3. The van der Waals surface area contributed by atoms with Crippen molar-refractivity contribution < 1.29 is 24.6 Å². The molecule has 0 amide bonds. The number of rotatable bonds is 9. The van der Waals surface area contributed by atoms with Gasteiger partial charge in [-0.25, -0.2) is 0 Å². The van der Waals surface area contributed by atoms with Crippen LogP contribution in [-0.2, 0) is 14.4 Å². The van der Waals surface area contributed by atoms with E-state index < -0.39 is 18.0 Å². The zero-order valence-electron chi connectivity index (χ0n) is 13.0. The number of carboxylic acids is 2. The summed E-state index contributed by atoms with van der Waals surface area (Å²) in [6.45, 7) is 6.32. The first kappa shape index (κ1) is 21.6. The smallest absolute Gasteiger partial charge is 0.320 e. The number of nitrogens with two attached hydrogens (primary N) is 1. The van der Waals surface area contributed by atoms with E-state index in [1.165, 1.54) is 5.57 Å². The summed E-state index contributed by atoms with van der Waals surface area (Å²) in [7, 11) is 0. The second-order valence-corrected chi connectivity index (χ2v) is 5.24. The third-order valence-corrected chi connectivity index (χ3v) is 2.70. The van der Waals surface area contributed by atoms with Crippen LogP contribution in [0.15, 0.2) is 11.6 Å². The largest absolute Gasteiger partial charge is 0.481 e. The van der Waals surface area contributed by atoms with Crippen molar-refractivity contribution in [2.24, 2.45) is 11.7 Å². The third-order valence-electron chi connectivity index (χ3n) is 2.70. The zero-order valence-corrected chi connectivity index (χ0v) is 13.0. The van der Waals surface area contributed by atoms with E-state index in [1.807, 2.05) is 0 Å². The minimum Gasteiger partial charge on any atom is -0.481 e. The Morgan fingerprint density at radius 3 is 2.14 bits per heavy atom. The Balaban J connectivity index is 0. The average Bonchev–Trinajstić information content (AvgIpc) is 2.36. The van der Waals surface area contributed by atoms with Crippen LogP contribution in [0.25, 0.3) is 0 Å². The summed E-state index contributed by atoms with van der Waals surface area (Å²) in [6, 6.07) is -1.06. The molecule has 0 saturated heterocycles. The fourth-order valence-electron chi connectivity index (χ4n) is 1.34. The molecular formula is C15H27NO5. The Hall–Kier alpha value is -1.69. The molecule has 0 aliphatic rings. The van der Waals surface area contributed by atoms with Gasteiger partial charge in [-0.2, -0.15) is 0 Å². The van der Waals surface area contributed by atoms with Gasteiger partial charge in [-0.05, 0) is 39.0 Å². The summed E-state index contributed by atoms with van der Waals surface area (Å²) in [6.07, 6.45) is 5.95. The summed E-state index contributed by atoms with van der Waals surface area (Å²) in [5.74, 6) is -1.65. The van der Waals surface area contributed by atoms with E-state index in [1.54, 1.807) is 0 Å². The molecule has 0 aliphatic carbocycles. The highest BCUT2D eigenvalue weighted by Gasteiger charge is 2.12. The molecule has 21 heavy (non-hydrogen) atoms. The molecule has 2 atom stereocenters. The van der Waals surface area contributed by atoms with Crippen LogP contribution in [0.3, 0.4) is 0 Å². The molecule has 2 unspecified atom stereocenters. The van der Waals surface area contributed by atoms with Gasteiger partial charge in [0.2, 0.25) is 0 Å². The van der Waals surface area contributed by atoms with Gasteiger partial charge >= 0.3 is 11.9 Å². The molecular weight excluding hydrogens is 274 g/mol. The summed E-state index contributed by atoms with van der Waals surface area (Å²) in [5, 5.41) is 16.3. The number of carbonyl (C=O) groups excluding carboxylic acids is 1. The van der Waals surface area contributed by atoms with E-state index in [2.05, 4.69) is 26.8 Å². The molecule has 0 aromatic heterocycles. The van der Waals surface area contributed by atoms with Gasteiger partial charge in [0.15, 0.2) is 0 Å². The van der Waals surface area contributed by atoms with Gasteiger partial charge in [0, 0.05) is 12.8 Å². The molecule has 0 bridgehead atoms. The molecule has 0 fully saturated rings. The van der Waals surface area contributed by atoms with Crippen LogP contribution in [-0.4, -0.2) is 34.5 Å². The van der Waals surface area contributed by atoms with Crippen LogP contribution in [0.2, 0.25) is 0 Å². The lowest BCUT2D eigenvalue weighted by Crippen LogP contribution is -2.30. The Kier molecular flexibility index (Phi) is 13.7. The number of allylic oxidation sites excluding steroid dienone is 2. The predicted octanol–water partition coefficient (Wildman–Crippen LogP) is 2.22.